The van der Waals surface area contributed by atoms with E-state index in [1.165, 1.54) is 11.3 Å². The topological polar surface area (TPSA) is 62.2 Å². The molecule has 0 radical (unpaired) electrons. The van der Waals surface area contributed by atoms with Gasteiger partial charge in [-0.05, 0) is 19.2 Å². The number of carbonyl (C=O) groups is 1. The Morgan fingerprint density at radius 2 is 2.11 bits per heavy atom. The minimum absolute atomic E-state index is 0.535. The summed E-state index contributed by atoms with van der Waals surface area (Å²) in [6.45, 7) is 0. The molecule has 1 aromatic heterocycles. The zero-order valence-electron chi connectivity index (χ0n) is 9.55. The maximum atomic E-state index is 11.0. The van der Waals surface area contributed by atoms with Gasteiger partial charge in [-0.15, -0.1) is 11.3 Å². The van der Waals surface area contributed by atoms with Crippen molar-refractivity contribution in [3.05, 3.63) is 39.8 Å². The van der Waals surface area contributed by atoms with Crippen molar-refractivity contribution in [2.24, 2.45) is 0 Å². The number of nitrogens with one attached hydrogen (secondary N) is 1. The van der Waals surface area contributed by atoms with Gasteiger partial charge in [-0.2, -0.15) is 0 Å². The van der Waals surface area contributed by atoms with Crippen molar-refractivity contribution in [3.8, 4) is 10.6 Å². The molecule has 0 bridgehead atoms. The first-order valence-electron chi connectivity index (χ1n) is 5.23. The average Bonchev–Trinajstić information content (AvgIpc) is 2.80. The Morgan fingerprint density at radius 3 is 2.67 bits per heavy atom. The van der Waals surface area contributed by atoms with Crippen LogP contribution in [0.5, 0.6) is 0 Å². The second kappa shape index (κ2) is 5.60. The van der Waals surface area contributed by atoms with Gasteiger partial charge in [0, 0.05) is 15.4 Å². The SMILES string of the molecule is CNC(C(=O)O)c1csc(-c2ccc(Br)cc2)n1. The van der Waals surface area contributed by atoms with Crippen molar-refractivity contribution < 1.29 is 9.90 Å². The Morgan fingerprint density at radius 1 is 1.44 bits per heavy atom. The summed E-state index contributed by atoms with van der Waals surface area (Å²) in [4.78, 5) is 15.4. The number of aromatic nitrogens is 1. The van der Waals surface area contributed by atoms with Crippen LogP contribution >= 0.6 is 27.3 Å². The van der Waals surface area contributed by atoms with E-state index in [4.69, 9.17) is 5.11 Å². The molecule has 1 unspecified atom stereocenters. The maximum Gasteiger partial charge on any atom is 0.327 e. The van der Waals surface area contributed by atoms with Gasteiger partial charge >= 0.3 is 5.97 Å². The lowest BCUT2D eigenvalue weighted by atomic mass is 10.2. The molecule has 0 aliphatic rings. The molecule has 0 fully saturated rings. The number of likely N-dealkylation sites (N-methyl/N-ethyl adjacent to an activating group) is 1. The van der Waals surface area contributed by atoms with Crippen LogP contribution in [-0.4, -0.2) is 23.1 Å². The third-order valence-electron chi connectivity index (χ3n) is 2.44. The van der Waals surface area contributed by atoms with E-state index < -0.39 is 12.0 Å². The van der Waals surface area contributed by atoms with Gasteiger partial charge in [-0.3, -0.25) is 4.79 Å². The van der Waals surface area contributed by atoms with Gasteiger partial charge < -0.3 is 10.4 Å². The number of hydrogen-bond donors (Lipinski definition) is 2. The fourth-order valence-corrected chi connectivity index (χ4v) is 2.66. The minimum Gasteiger partial charge on any atom is -0.480 e. The van der Waals surface area contributed by atoms with Gasteiger partial charge in [0.05, 0.1) is 5.69 Å². The number of carboxylic acid groups (broad SMARTS) is 1. The van der Waals surface area contributed by atoms with Crippen LogP contribution < -0.4 is 5.32 Å². The van der Waals surface area contributed by atoms with E-state index in [0.717, 1.165) is 15.0 Å². The van der Waals surface area contributed by atoms with Gasteiger partial charge in [-0.1, -0.05) is 28.1 Å². The van der Waals surface area contributed by atoms with Gasteiger partial charge in [0.1, 0.15) is 11.0 Å². The predicted octanol–water partition coefficient (Wildman–Crippen LogP) is 2.92. The van der Waals surface area contributed by atoms with Crippen LogP contribution in [0, 0.1) is 0 Å². The number of rotatable bonds is 4. The molecule has 94 valence electrons. The molecular formula is C12H11BrN2O2S. The Hall–Kier alpha value is -1.24. The molecule has 2 N–H and O–H groups in total. The minimum atomic E-state index is -0.926. The molecular weight excluding hydrogens is 316 g/mol. The van der Waals surface area contributed by atoms with Crippen LogP contribution in [0.25, 0.3) is 10.6 Å². The van der Waals surface area contributed by atoms with Gasteiger partial charge in [0.2, 0.25) is 0 Å². The number of carboxylic acids is 1. The van der Waals surface area contributed by atoms with Gasteiger partial charge in [-0.25, -0.2) is 4.98 Å². The smallest absolute Gasteiger partial charge is 0.327 e. The summed E-state index contributed by atoms with van der Waals surface area (Å²) < 4.78 is 1.00. The molecule has 0 saturated heterocycles. The number of halogens is 1. The lowest BCUT2D eigenvalue weighted by Crippen LogP contribution is -2.25. The first-order chi connectivity index (χ1) is 8.61. The fraction of sp³-hybridized carbons (Fsp3) is 0.167. The van der Waals surface area contributed by atoms with Crippen molar-refractivity contribution in [2.45, 2.75) is 6.04 Å². The molecule has 2 aromatic rings. The highest BCUT2D eigenvalue weighted by molar-refractivity contribution is 9.10. The molecule has 0 spiro atoms. The van der Waals surface area contributed by atoms with E-state index in [9.17, 15) is 4.79 Å². The number of benzene rings is 1. The van der Waals surface area contributed by atoms with E-state index in [2.05, 4.69) is 26.2 Å². The van der Waals surface area contributed by atoms with Crippen LogP contribution in [0.2, 0.25) is 0 Å². The lowest BCUT2D eigenvalue weighted by Gasteiger charge is -2.06. The molecule has 0 aliphatic carbocycles. The summed E-state index contributed by atoms with van der Waals surface area (Å²) in [5.41, 5.74) is 1.52. The summed E-state index contributed by atoms with van der Waals surface area (Å²) >= 11 is 4.81. The second-order valence-electron chi connectivity index (χ2n) is 3.64. The monoisotopic (exact) mass is 326 g/mol. The summed E-state index contributed by atoms with van der Waals surface area (Å²) in [6, 6.07) is 7.00. The maximum absolute atomic E-state index is 11.0. The molecule has 0 amide bonds. The van der Waals surface area contributed by atoms with Crippen LogP contribution in [0.1, 0.15) is 11.7 Å². The molecule has 0 saturated carbocycles. The average molecular weight is 327 g/mol. The first-order valence-corrected chi connectivity index (χ1v) is 6.90. The van der Waals surface area contributed by atoms with Gasteiger partial charge in [0.25, 0.3) is 0 Å². The molecule has 0 aliphatic heterocycles. The molecule has 4 nitrogen and oxygen atoms in total. The summed E-state index contributed by atoms with van der Waals surface area (Å²) in [7, 11) is 1.61. The second-order valence-corrected chi connectivity index (χ2v) is 5.42. The van der Waals surface area contributed by atoms with Crippen LogP contribution in [0.15, 0.2) is 34.1 Å². The molecule has 1 atom stereocenters. The van der Waals surface area contributed by atoms with Crippen molar-refractivity contribution >= 4 is 33.2 Å². The van der Waals surface area contributed by atoms with Crippen molar-refractivity contribution in [3.63, 3.8) is 0 Å². The standard InChI is InChI=1S/C12H11BrN2O2S/c1-14-10(12(16)17)9-6-18-11(15-9)7-2-4-8(13)5-3-7/h2-6,10,14H,1H3,(H,16,17). The molecule has 1 aromatic carbocycles. The first kappa shape index (κ1) is 13.2. The molecule has 1 heterocycles. The summed E-state index contributed by atoms with van der Waals surface area (Å²) in [6.07, 6.45) is 0. The fourth-order valence-electron chi connectivity index (χ4n) is 1.54. The highest BCUT2D eigenvalue weighted by Crippen LogP contribution is 2.27. The predicted molar refractivity (Wildman–Crippen MR) is 74.7 cm³/mol. The van der Waals surface area contributed by atoms with E-state index in [1.54, 1.807) is 12.4 Å². The van der Waals surface area contributed by atoms with Crippen molar-refractivity contribution in [1.29, 1.82) is 0 Å². The highest BCUT2D eigenvalue weighted by Gasteiger charge is 2.20. The third-order valence-corrected chi connectivity index (χ3v) is 3.88. The number of aliphatic carboxylic acids is 1. The molecule has 6 heteroatoms. The Bertz CT molecular complexity index is 553. The number of thiazole rings is 1. The van der Waals surface area contributed by atoms with Crippen LogP contribution in [0.3, 0.4) is 0 Å². The normalized spacial score (nSPS) is 12.3. The summed E-state index contributed by atoms with van der Waals surface area (Å²) in [5.74, 6) is -0.926. The zero-order chi connectivity index (χ0) is 13.1. The summed E-state index contributed by atoms with van der Waals surface area (Å²) in [5, 5.41) is 14.4. The van der Waals surface area contributed by atoms with E-state index in [-0.39, 0.29) is 0 Å². The Labute approximate surface area is 117 Å². The Balaban J connectivity index is 2.30. The van der Waals surface area contributed by atoms with Gasteiger partial charge in [0.15, 0.2) is 0 Å². The van der Waals surface area contributed by atoms with Crippen molar-refractivity contribution in [1.82, 2.24) is 10.3 Å². The van der Waals surface area contributed by atoms with E-state index in [0.29, 0.717) is 5.69 Å². The number of hydrogen-bond acceptors (Lipinski definition) is 4. The molecule has 2 rings (SSSR count). The van der Waals surface area contributed by atoms with E-state index in [1.807, 2.05) is 24.3 Å². The lowest BCUT2D eigenvalue weighted by molar-refractivity contribution is -0.139. The quantitative estimate of drug-likeness (QED) is 0.906. The third kappa shape index (κ3) is 2.77. The van der Waals surface area contributed by atoms with E-state index >= 15 is 0 Å². The number of nitrogens with zero attached hydrogens (tertiary/aromatic N) is 1. The molecule has 18 heavy (non-hydrogen) atoms. The van der Waals surface area contributed by atoms with Crippen LogP contribution in [-0.2, 0) is 4.79 Å². The zero-order valence-corrected chi connectivity index (χ0v) is 12.0. The highest BCUT2D eigenvalue weighted by atomic mass is 79.9. The largest absolute Gasteiger partial charge is 0.480 e. The van der Waals surface area contributed by atoms with Crippen LogP contribution in [0.4, 0.5) is 0 Å². The Kier molecular flexibility index (Phi) is 4.11. The van der Waals surface area contributed by atoms with Crippen molar-refractivity contribution in [2.75, 3.05) is 7.05 Å².